The Morgan fingerprint density at radius 1 is 1.12 bits per heavy atom. The number of sulfone groups is 1. The van der Waals surface area contributed by atoms with Gasteiger partial charge in [0, 0.05) is 24.6 Å². The molecule has 1 aliphatic heterocycles. The normalized spacial score (nSPS) is 17.7. The molecule has 11 nitrogen and oxygen atoms in total. The van der Waals surface area contributed by atoms with E-state index in [1.165, 1.54) is 23.5 Å². The van der Waals surface area contributed by atoms with Crippen molar-refractivity contribution >= 4 is 48.3 Å². The predicted octanol–water partition coefficient (Wildman–Crippen LogP) is 3.89. The molecule has 1 aromatic carbocycles. The van der Waals surface area contributed by atoms with Crippen molar-refractivity contribution in [3.63, 3.8) is 0 Å². The molecular weight excluding hydrogens is 566 g/mol. The molecule has 1 aliphatic carbocycles. The average molecular weight is 602 g/mol. The van der Waals surface area contributed by atoms with Crippen molar-refractivity contribution in [1.82, 2.24) is 14.9 Å². The summed E-state index contributed by atoms with van der Waals surface area (Å²) in [5.41, 5.74) is 1.07. The van der Waals surface area contributed by atoms with Crippen molar-refractivity contribution in [2.45, 2.75) is 55.8 Å². The van der Waals surface area contributed by atoms with Crippen molar-refractivity contribution in [2.75, 3.05) is 44.8 Å². The number of hydrogen-bond acceptors (Lipinski definition) is 11. The fourth-order valence-electron chi connectivity index (χ4n) is 4.42. The summed E-state index contributed by atoms with van der Waals surface area (Å²) >= 11 is 1.23. The smallest absolute Gasteiger partial charge is 0.280 e. The van der Waals surface area contributed by atoms with Gasteiger partial charge in [0.25, 0.3) is 5.91 Å². The molecule has 0 radical (unpaired) electrons. The van der Waals surface area contributed by atoms with Crippen LogP contribution in [0.3, 0.4) is 0 Å². The maximum absolute atomic E-state index is 13.4. The molecule has 1 N–H and O–H groups in total. The van der Waals surface area contributed by atoms with Gasteiger partial charge >= 0.3 is 0 Å². The van der Waals surface area contributed by atoms with Gasteiger partial charge in [0.1, 0.15) is 10.3 Å². The molecule has 3 heterocycles. The largest absolute Gasteiger partial charge is 0.478 e. The number of rotatable bonds is 14. The van der Waals surface area contributed by atoms with E-state index in [1.807, 2.05) is 6.07 Å². The number of amides is 1. The first-order valence-electron chi connectivity index (χ1n) is 14.0. The first-order valence-corrected chi connectivity index (χ1v) is 16.3. The summed E-state index contributed by atoms with van der Waals surface area (Å²) in [5.74, 6) is -0.0251. The fourth-order valence-corrected chi connectivity index (χ4v) is 6.90. The van der Waals surface area contributed by atoms with E-state index < -0.39 is 15.7 Å². The lowest BCUT2D eigenvalue weighted by Crippen LogP contribution is -2.25. The Labute approximate surface area is 243 Å². The van der Waals surface area contributed by atoms with E-state index >= 15 is 0 Å². The monoisotopic (exact) mass is 601 g/mol. The second-order valence-corrected chi connectivity index (χ2v) is 13.2. The second-order valence-electron chi connectivity index (χ2n) is 9.98. The van der Waals surface area contributed by atoms with E-state index in [0.29, 0.717) is 66.0 Å². The molecule has 1 amide bonds. The van der Waals surface area contributed by atoms with Gasteiger partial charge in [-0.2, -0.15) is 0 Å². The molecule has 0 spiro atoms. The summed E-state index contributed by atoms with van der Waals surface area (Å²) in [6.45, 7) is 8.79. The predicted molar refractivity (Wildman–Crippen MR) is 157 cm³/mol. The van der Waals surface area contributed by atoms with Crippen LogP contribution in [0.5, 0.6) is 5.88 Å². The van der Waals surface area contributed by atoms with Gasteiger partial charge in [-0.3, -0.25) is 10.1 Å². The summed E-state index contributed by atoms with van der Waals surface area (Å²) < 4.78 is 36.4. The molecule has 220 valence electrons. The van der Waals surface area contributed by atoms with Crippen LogP contribution < -0.4 is 10.1 Å². The lowest BCUT2D eigenvalue weighted by molar-refractivity contribution is -0.110. The minimum Gasteiger partial charge on any atom is -0.478 e. The van der Waals surface area contributed by atoms with E-state index in [1.54, 1.807) is 18.2 Å². The number of benzene rings is 1. The maximum atomic E-state index is 13.4. The molecule has 1 saturated heterocycles. The number of nitrogens with one attached hydrogen (secondary N) is 1. The highest BCUT2D eigenvalue weighted by Crippen LogP contribution is 2.33. The van der Waals surface area contributed by atoms with Gasteiger partial charge in [-0.05, 0) is 50.6 Å². The van der Waals surface area contributed by atoms with Gasteiger partial charge in [0.2, 0.25) is 5.88 Å². The quantitative estimate of drug-likeness (QED) is 0.166. The third-order valence-electron chi connectivity index (χ3n) is 7.03. The molecule has 2 aromatic heterocycles. The van der Waals surface area contributed by atoms with E-state index in [2.05, 4.69) is 39.2 Å². The molecule has 0 bridgehead atoms. The number of ether oxygens (including phenoxy) is 2. The molecule has 3 aromatic rings. The first-order chi connectivity index (χ1) is 19.9. The minimum atomic E-state index is -3.35. The number of hydrogen-bond donors (Lipinski definition) is 1. The summed E-state index contributed by atoms with van der Waals surface area (Å²) in [6.07, 6.45) is 2.66. The van der Waals surface area contributed by atoms with Crippen LogP contribution in [0, 0.1) is 0 Å². The van der Waals surface area contributed by atoms with E-state index in [0.717, 1.165) is 26.1 Å². The number of carbonyl (C=O) groups excluding carboxylic acids is 1. The van der Waals surface area contributed by atoms with Crippen LogP contribution in [0.25, 0.3) is 10.3 Å². The van der Waals surface area contributed by atoms with Gasteiger partial charge in [0.05, 0.1) is 30.0 Å². The van der Waals surface area contributed by atoms with Gasteiger partial charge in [-0.15, -0.1) is 0 Å². The Balaban J connectivity index is 1.28. The van der Waals surface area contributed by atoms with Crippen molar-refractivity contribution in [2.24, 2.45) is 5.16 Å². The summed E-state index contributed by atoms with van der Waals surface area (Å²) in [6, 6.07) is 9.75. The molecule has 41 heavy (non-hydrogen) atoms. The molecule has 0 unspecified atom stereocenters. The van der Waals surface area contributed by atoms with Crippen LogP contribution in [-0.2, 0) is 24.2 Å². The molecule has 1 atom stereocenters. The highest BCUT2D eigenvalue weighted by molar-refractivity contribution is 7.92. The third kappa shape index (κ3) is 7.39. The van der Waals surface area contributed by atoms with Crippen molar-refractivity contribution in [3.8, 4) is 5.88 Å². The third-order valence-corrected chi connectivity index (χ3v) is 10.2. The van der Waals surface area contributed by atoms with Crippen LogP contribution in [0.1, 0.15) is 45.1 Å². The van der Waals surface area contributed by atoms with Gasteiger partial charge in [-0.25, -0.2) is 18.4 Å². The number of carbonyl (C=O) groups is 1. The Kier molecular flexibility index (Phi) is 9.48. The number of nitrogens with zero attached hydrogens (tertiary/aromatic N) is 4. The number of thiazole rings is 1. The summed E-state index contributed by atoms with van der Waals surface area (Å²) in [5, 5.41) is 6.99. The van der Waals surface area contributed by atoms with Gasteiger partial charge < -0.3 is 19.2 Å². The Hall–Kier alpha value is -3.13. The van der Waals surface area contributed by atoms with Crippen molar-refractivity contribution in [1.29, 1.82) is 0 Å². The van der Waals surface area contributed by atoms with Crippen LogP contribution in [0.4, 0.5) is 5.13 Å². The Morgan fingerprint density at radius 2 is 1.90 bits per heavy atom. The molecule has 13 heteroatoms. The SMILES string of the molecule is CCN(CC)CCCOc1ccc2nc(NC(=O)C(=NO[C@@H]3CCOC3)c3ccc(S(=O)(=O)C4CC4)cc3)sc2n1. The molecular formula is C28H35N5O6S2. The number of pyridine rings is 1. The Morgan fingerprint density at radius 3 is 2.59 bits per heavy atom. The number of fused-ring (bicyclic) bond motifs is 1. The topological polar surface area (TPSA) is 132 Å². The minimum absolute atomic E-state index is 0.0108. The van der Waals surface area contributed by atoms with Crippen molar-refractivity contribution < 1.29 is 27.5 Å². The van der Waals surface area contributed by atoms with Crippen molar-refractivity contribution in [3.05, 3.63) is 42.0 Å². The van der Waals surface area contributed by atoms with E-state index in [9.17, 15) is 13.2 Å². The van der Waals surface area contributed by atoms with Crippen LogP contribution in [0.15, 0.2) is 46.4 Å². The zero-order valence-corrected chi connectivity index (χ0v) is 24.9. The van der Waals surface area contributed by atoms with Gasteiger partial charge in [0.15, 0.2) is 26.8 Å². The number of aromatic nitrogens is 2. The number of oxime groups is 1. The van der Waals surface area contributed by atoms with Gasteiger partial charge in [-0.1, -0.05) is 42.5 Å². The van der Waals surface area contributed by atoms with Crippen LogP contribution >= 0.6 is 11.3 Å². The fraction of sp³-hybridized carbons (Fsp3) is 0.500. The zero-order chi connectivity index (χ0) is 28.8. The number of anilines is 1. The highest BCUT2D eigenvalue weighted by Gasteiger charge is 2.36. The second kappa shape index (κ2) is 13.2. The lowest BCUT2D eigenvalue weighted by atomic mass is 10.1. The first kappa shape index (κ1) is 29.4. The Bertz CT molecular complexity index is 1480. The zero-order valence-electron chi connectivity index (χ0n) is 23.2. The highest BCUT2D eigenvalue weighted by atomic mass is 32.2. The van der Waals surface area contributed by atoms with Crippen LogP contribution in [-0.4, -0.2) is 85.7 Å². The standard InChI is InChI=1S/C28H35N5O6S2/c1-3-33(4-2)15-5-16-38-24-13-12-23-27(30-24)40-28(29-23)31-26(34)25(32-39-20-14-17-37-18-20)19-6-8-21(9-7-19)41(35,36)22-10-11-22/h6-9,12-13,20,22H,3-5,10-11,14-18H2,1-2H3,(H,29,31,34)/t20-/m1/s1. The van der Waals surface area contributed by atoms with E-state index in [-0.39, 0.29) is 22.0 Å². The molecule has 2 fully saturated rings. The van der Waals surface area contributed by atoms with E-state index in [4.69, 9.17) is 14.3 Å². The summed E-state index contributed by atoms with van der Waals surface area (Å²) in [4.78, 5) is 31.2. The van der Waals surface area contributed by atoms with Crippen LogP contribution in [0.2, 0.25) is 0 Å². The lowest BCUT2D eigenvalue weighted by Gasteiger charge is -2.17. The molecule has 2 aliphatic rings. The maximum Gasteiger partial charge on any atom is 0.280 e. The summed E-state index contributed by atoms with van der Waals surface area (Å²) in [7, 11) is -3.35. The molecule has 5 rings (SSSR count). The average Bonchev–Trinajstić information content (AvgIpc) is 3.58. The molecule has 1 saturated carbocycles.